The first-order valence-electron chi connectivity index (χ1n) is 18.3. The van der Waals surface area contributed by atoms with Crippen LogP contribution in [0.25, 0.3) is 0 Å². The smallest absolute Gasteiger partial charge is 0.330 e. The number of rotatable bonds is 22. The zero-order chi connectivity index (χ0) is 38.0. The van der Waals surface area contributed by atoms with Crippen molar-refractivity contribution in [1.29, 1.82) is 0 Å². The largest absolute Gasteiger partial charge is 0.497 e. The summed E-state index contributed by atoms with van der Waals surface area (Å²) in [5, 5.41) is 0. The van der Waals surface area contributed by atoms with Gasteiger partial charge >= 0.3 is 11.9 Å². The Kier molecular flexibility index (Phi) is 17.7. The van der Waals surface area contributed by atoms with Gasteiger partial charge in [-0.25, -0.2) is 4.79 Å². The summed E-state index contributed by atoms with van der Waals surface area (Å²) in [6.45, 7) is 8.45. The normalized spacial score (nSPS) is 21.1. The van der Waals surface area contributed by atoms with Crippen molar-refractivity contribution in [2.45, 2.75) is 122 Å². The maximum Gasteiger partial charge on any atom is 0.330 e. The lowest BCUT2D eigenvalue weighted by Gasteiger charge is -2.53. The molecule has 0 aliphatic carbocycles. The Labute approximate surface area is 309 Å². The van der Waals surface area contributed by atoms with Crippen LogP contribution in [0.5, 0.6) is 5.75 Å². The van der Waals surface area contributed by atoms with E-state index in [2.05, 4.69) is 6.92 Å². The number of aldehydes is 1. The zero-order valence-corrected chi connectivity index (χ0v) is 32.0. The second-order valence-corrected chi connectivity index (χ2v) is 13.7. The van der Waals surface area contributed by atoms with E-state index in [9.17, 15) is 14.4 Å². The van der Waals surface area contributed by atoms with Gasteiger partial charge < -0.3 is 33.2 Å². The third-order valence-corrected chi connectivity index (χ3v) is 9.52. The van der Waals surface area contributed by atoms with Crippen molar-refractivity contribution in [1.82, 2.24) is 0 Å². The van der Waals surface area contributed by atoms with Crippen molar-refractivity contribution in [3.8, 4) is 5.75 Å². The minimum Gasteiger partial charge on any atom is -0.497 e. The van der Waals surface area contributed by atoms with Crippen LogP contribution in [0.2, 0.25) is 0 Å². The SMILES string of the molecule is CCCCCCCC(=O)O[C@H]1/C(=C/C(=O)OC)C[C@@H](C[C@@H](OCc2ccc(OC)cc2)[C@@H](C)OCc2ccccc2)O[C@@]1(OC)C(C)(C)/C=C/C=O. The molecule has 10 nitrogen and oxygen atoms in total. The number of unbranched alkanes of at least 4 members (excludes halogenated alkanes) is 4. The van der Waals surface area contributed by atoms with Gasteiger partial charge in [-0.15, -0.1) is 0 Å². The Hall–Kier alpha value is -3.83. The van der Waals surface area contributed by atoms with Crippen molar-refractivity contribution in [3.63, 3.8) is 0 Å². The summed E-state index contributed by atoms with van der Waals surface area (Å²) in [7, 11) is 4.39. The first kappa shape index (κ1) is 42.6. The van der Waals surface area contributed by atoms with Gasteiger partial charge in [-0.1, -0.05) is 95.0 Å². The first-order chi connectivity index (χ1) is 25.0. The molecular weight excluding hydrogens is 664 g/mol. The summed E-state index contributed by atoms with van der Waals surface area (Å²) in [5.74, 6) is -1.93. The molecule has 0 N–H and O–H groups in total. The molecular formula is C42H58O10. The predicted octanol–water partition coefficient (Wildman–Crippen LogP) is 7.86. The summed E-state index contributed by atoms with van der Waals surface area (Å²) in [4.78, 5) is 37.8. The Morgan fingerprint density at radius 3 is 2.25 bits per heavy atom. The van der Waals surface area contributed by atoms with Crippen LogP contribution in [0.15, 0.2) is 78.4 Å². The molecule has 286 valence electrons. The van der Waals surface area contributed by atoms with E-state index in [1.54, 1.807) is 13.2 Å². The number of hydrogen-bond acceptors (Lipinski definition) is 10. The minimum absolute atomic E-state index is 0.205. The van der Waals surface area contributed by atoms with E-state index in [0.717, 1.165) is 42.6 Å². The molecule has 1 heterocycles. The molecule has 2 aromatic carbocycles. The van der Waals surface area contributed by atoms with Crippen LogP contribution in [0.4, 0.5) is 0 Å². The number of ether oxygens (including phenoxy) is 7. The van der Waals surface area contributed by atoms with Gasteiger partial charge in [0, 0.05) is 31.4 Å². The summed E-state index contributed by atoms with van der Waals surface area (Å²) >= 11 is 0. The van der Waals surface area contributed by atoms with E-state index in [1.807, 2.05) is 75.4 Å². The Morgan fingerprint density at radius 2 is 1.62 bits per heavy atom. The second-order valence-electron chi connectivity index (χ2n) is 13.7. The third kappa shape index (κ3) is 12.4. The molecule has 2 aromatic rings. The van der Waals surface area contributed by atoms with Crippen LogP contribution >= 0.6 is 0 Å². The third-order valence-electron chi connectivity index (χ3n) is 9.52. The van der Waals surface area contributed by atoms with E-state index in [4.69, 9.17) is 33.2 Å². The molecule has 5 atom stereocenters. The molecule has 52 heavy (non-hydrogen) atoms. The molecule has 0 bridgehead atoms. The van der Waals surface area contributed by atoms with Crippen molar-refractivity contribution in [3.05, 3.63) is 89.5 Å². The van der Waals surface area contributed by atoms with Gasteiger partial charge in [0.25, 0.3) is 0 Å². The van der Waals surface area contributed by atoms with Crippen LogP contribution in [-0.2, 0) is 56.0 Å². The van der Waals surface area contributed by atoms with Gasteiger partial charge in [-0.05, 0) is 54.7 Å². The lowest BCUT2D eigenvalue weighted by Crippen LogP contribution is -2.63. The molecule has 1 aliphatic rings. The summed E-state index contributed by atoms with van der Waals surface area (Å²) in [5.41, 5.74) is 1.42. The molecule has 0 unspecified atom stereocenters. The molecule has 1 aliphatic heterocycles. The standard InChI is InChI=1S/C42H58O10/c1-8-9-10-11-15-19-38(44)51-40-34(27-39(45)47-6)26-36(52-42(40,48-7)41(3,4)24-16-25-43)28-37(31(2)49-29-32-17-13-12-14-18-32)50-30-33-20-22-35(46-5)23-21-33/h12-14,16-18,20-25,27,31,36-37,40H,8-11,15,19,26,28-30H2,1-7H3/b24-16+,34-27+/t31-,36+,37-,40+,42-/m1/s1. The van der Waals surface area contributed by atoms with Gasteiger partial charge in [-0.2, -0.15) is 0 Å². The predicted molar refractivity (Wildman–Crippen MR) is 198 cm³/mol. The fourth-order valence-electron chi connectivity index (χ4n) is 6.45. The highest BCUT2D eigenvalue weighted by Crippen LogP contribution is 2.49. The highest BCUT2D eigenvalue weighted by atomic mass is 16.7. The van der Waals surface area contributed by atoms with Crippen molar-refractivity contribution in [2.24, 2.45) is 5.41 Å². The quantitative estimate of drug-likeness (QED) is 0.0515. The molecule has 0 saturated carbocycles. The minimum atomic E-state index is -1.64. The Balaban J connectivity index is 1.99. The van der Waals surface area contributed by atoms with Crippen LogP contribution in [0, 0.1) is 5.41 Å². The average molecular weight is 723 g/mol. The fourth-order valence-corrected chi connectivity index (χ4v) is 6.45. The van der Waals surface area contributed by atoms with E-state index < -0.39 is 41.5 Å². The van der Waals surface area contributed by atoms with Gasteiger partial charge in [0.2, 0.25) is 5.79 Å². The van der Waals surface area contributed by atoms with Gasteiger partial charge in [0.1, 0.15) is 12.0 Å². The lowest BCUT2D eigenvalue weighted by molar-refractivity contribution is -0.339. The van der Waals surface area contributed by atoms with E-state index >= 15 is 0 Å². The zero-order valence-electron chi connectivity index (χ0n) is 32.0. The van der Waals surface area contributed by atoms with Crippen LogP contribution in [0.3, 0.4) is 0 Å². The molecule has 10 heteroatoms. The van der Waals surface area contributed by atoms with Gasteiger partial charge in [-0.3, -0.25) is 9.59 Å². The fraction of sp³-hybridized carbons (Fsp3) is 0.548. The molecule has 1 fully saturated rings. The van der Waals surface area contributed by atoms with Gasteiger partial charge in [0.15, 0.2) is 6.10 Å². The lowest BCUT2D eigenvalue weighted by atomic mass is 9.74. The highest BCUT2D eigenvalue weighted by Gasteiger charge is 2.59. The molecule has 0 radical (unpaired) electrons. The van der Waals surface area contributed by atoms with E-state index in [1.165, 1.54) is 26.4 Å². The number of benzene rings is 2. The number of carbonyl (C=O) groups is 3. The second kappa shape index (κ2) is 21.6. The average Bonchev–Trinajstić information content (AvgIpc) is 3.15. The van der Waals surface area contributed by atoms with Crippen LogP contribution in [0.1, 0.15) is 90.2 Å². The summed E-state index contributed by atoms with van der Waals surface area (Å²) < 4.78 is 42.6. The molecule has 3 rings (SSSR count). The number of methoxy groups -OCH3 is 3. The van der Waals surface area contributed by atoms with Crippen molar-refractivity contribution >= 4 is 18.2 Å². The Bertz CT molecular complexity index is 1430. The van der Waals surface area contributed by atoms with E-state index in [-0.39, 0.29) is 18.9 Å². The number of hydrogen-bond donors (Lipinski definition) is 0. The molecule has 0 amide bonds. The maximum absolute atomic E-state index is 13.4. The summed E-state index contributed by atoms with van der Waals surface area (Å²) in [6.07, 6.45) is 8.06. The first-order valence-corrected chi connectivity index (χ1v) is 18.3. The Morgan fingerprint density at radius 1 is 0.942 bits per heavy atom. The van der Waals surface area contributed by atoms with E-state index in [0.29, 0.717) is 37.9 Å². The number of allylic oxidation sites excluding steroid dienone is 1. The van der Waals surface area contributed by atoms with Crippen molar-refractivity contribution in [2.75, 3.05) is 21.3 Å². The number of carbonyl (C=O) groups excluding carboxylic acids is 3. The number of esters is 2. The van der Waals surface area contributed by atoms with Gasteiger partial charge in [0.05, 0.1) is 45.7 Å². The topological polar surface area (TPSA) is 116 Å². The molecule has 1 saturated heterocycles. The molecule has 0 spiro atoms. The summed E-state index contributed by atoms with van der Waals surface area (Å²) in [6, 6.07) is 17.5. The highest BCUT2D eigenvalue weighted by molar-refractivity contribution is 5.83. The molecule has 0 aromatic heterocycles. The van der Waals surface area contributed by atoms with Crippen LogP contribution in [-0.4, -0.2) is 69.8 Å². The maximum atomic E-state index is 13.4. The monoisotopic (exact) mass is 722 g/mol. The van der Waals surface area contributed by atoms with Crippen molar-refractivity contribution < 1.29 is 47.5 Å². The van der Waals surface area contributed by atoms with Crippen LogP contribution < -0.4 is 4.74 Å².